The van der Waals surface area contributed by atoms with Gasteiger partial charge in [-0.15, -0.1) is 0 Å². The van der Waals surface area contributed by atoms with Gasteiger partial charge in [-0.25, -0.2) is 13.1 Å². The van der Waals surface area contributed by atoms with E-state index in [0.717, 1.165) is 24.0 Å². The van der Waals surface area contributed by atoms with E-state index in [0.29, 0.717) is 24.6 Å². The van der Waals surface area contributed by atoms with Crippen molar-refractivity contribution in [2.45, 2.75) is 18.2 Å². The normalized spacial score (nSPS) is 16.9. The number of nitrogens with zero attached hydrogens (tertiary/aromatic N) is 1. The van der Waals surface area contributed by atoms with Crippen molar-refractivity contribution >= 4 is 37.5 Å². The maximum Gasteiger partial charge on any atom is 0.251 e. The number of anilines is 1. The summed E-state index contributed by atoms with van der Waals surface area (Å²) in [5.41, 5.74) is 1.52. The van der Waals surface area contributed by atoms with Crippen LogP contribution in [0.3, 0.4) is 0 Å². The lowest BCUT2D eigenvalue weighted by Crippen LogP contribution is -2.31. The van der Waals surface area contributed by atoms with Gasteiger partial charge in [-0.1, -0.05) is 35.0 Å². The van der Waals surface area contributed by atoms with Crippen molar-refractivity contribution in [3.63, 3.8) is 0 Å². The van der Waals surface area contributed by atoms with Gasteiger partial charge >= 0.3 is 0 Å². The summed E-state index contributed by atoms with van der Waals surface area (Å²) in [5.74, 6) is 0.103. The number of sulfonamides is 1. The number of amides is 1. The molecule has 1 aliphatic heterocycles. The molecule has 1 atom stereocenters. The summed E-state index contributed by atoms with van der Waals surface area (Å²) >= 11 is 3.50. The maximum atomic E-state index is 12.5. The van der Waals surface area contributed by atoms with Crippen LogP contribution in [-0.4, -0.2) is 40.5 Å². The van der Waals surface area contributed by atoms with E-state index in [1.807, 2.05) is 12.1 Å². The molecule has 2 aromatic rings. The molecule has 3 rings (SSSR count). The molecular formula is C20H24BrN3O3S. The summed E-state index contributed by atoms with van der Waals surface area (Å²) < 4.78 is 27.7. The first-order valence-corrected chi connectivity index (χ1v) is 11.5. The van der Waals surface area contributed by atoms with Crippen molar-refractivity contribution in [1.82, 2.24) is 10.0 Å². The highest BCUT2D eigenvalue weighted by molar-refractivity contribution is 9.10. The zero-order chi connectivity index (χ0) is 20.1. The second-order valence-electron chi connectivity index (χ2n) is 6.82. The molecule has 1 fully saturated rings. The topological polar surface area (TPSA) is 78.5 Å². The third-order valence-electron chi connectivity index (χ3n) is 4.75. The molecule has 1 aliphatic rings. The fourth-order valence-electron chi connectivity index (χ4n) is 3.32. The minimum Gasteiger partial charge on any atom is -0.371 e. The first-order chi connectivity index (χ1) is 13.4. The molecule has 1 unspecified atom stereocenters. The van der Waals surface area contributed by atoms with E-state index in [9.17, 15) is 13.2 Å². The number of carbonyl (C=O) groups excluding carboxylic acids is 1. The Kier molecular flexibility index (Phi) is 6.74. The number of hydrogen-bond acceptors (Lipinski definition) is 4. The molecule has 0 saturated carbocycles. The average Bonchev–Trinajstić information content (AvgIpc) is 3.15. The molecule has 6 nitrogen and oxygen atoms in total. The fourth-order valence-corrected chi connectivity index (χ4v) is 4.80. The van der Waals surface area contributed by atoms with Gasteiger partial charge in [-0.05, 0) is 48.7 Å². The van der Waals surface area contributed by atoms with Crippen LogP contribution in [0.25, 0.3) is 0 Å². The third kappa shape index (κ3) is 5.12. The largest absolute Gasteiger partial charge is 0.371 e. The van der Waals surface area contributed by atoms with Crippen LogP contribution in [0.1, 0.15) is 23.7 Å². The lowest BCUT2D eigenvalue weighted by molar-refractivity contribution is 0.0948. The van der Waals surface area contributed by atoms with Gasteiger partial charge in [-0.2, -0.15) is 0 Å². The van der Waals surface area contributed by atoms with Crippen LogP contribution in [0.15, 0.2) is 57.9 Å². The molecule has 1 amide bonds. The van der Waals surface area contributed by atoms with E-state index in [-0.39, 0.29) is 10.8 Å². The van der Waals surface area contributed by atoms with Crippen molar-refractivity contribution in [2.75, 3.05) is 31.1 Å². The molecule has 0 bridgehead atoms. The molecule has 0 radical (unpaired) electrons. The van der Waals surface area contributed by atoms with E-state index in [1.165, 1.54) is 17.8 Å². The van der Waals surface area contributed by atoms with Crippen LogP contribution in [0.2, 0.25) is 0 Å². The van der Waals surface area contributed by atoms with Crippen LogP contribution >= 0.6 is 15.9 Å². The number of hydrogen-bond donors (Lipinski definition) is 2. The van der Waals surface area contributed by atoms with Crippen molar-refractivity contribution in [1.29, 1.82) is 0 Å². The molecule has 28 heavy (non-hydrogen) atoms. The lowest BCUT2D eigenvalue weighted by Gasteiger charge is -2.19. The smallest absolute Gasteiger partial charge is 0.251 e. The molecule has 0 spiro atoms. The highest BCUT2D eigenvalue weighted by Gasteiger charge is 2.23. The third-order valence-corrected chi connectivity index (χ3v) is 6.79. The molecule has 1 saturated heterocycles. The molecule has 0 aliphatic carbocycles. The molecule has 1 heterocycles. The zero-order valence-electron chi connectivity index (χ0n) is 15.7. The molecule has 2 aromatic carbocycles. The second-order valence-corrected chi connectivity index (χ2v) is 9.50. The van der Waals surface area contributed by atoms with Gasteiger partial charge in [0, 0.05) is 41.9 Å². The average molecular weight is 466 g/mol. The monoisotopic (exact) mass is 465 g/mol. The Hall–Kier alpha value is -1.90. The summed E-state index contributed by atoms with van der Waals surface area (Å²) in [4.78, 5) is 14.9. The van der Waals surface area contributed by atoms with E-state index in [4.69, 9.17) is 0 Å². The van der Waals surface area contributed by atoms with Crippen molar-refractivity contribution < 1.29 is 13.2 Å². The van der Waals surface area contributed by atoms with Crippen LogP contribution in [-0.2, 0) is 10.0 Å². The van der Waals surface area contributed by atoms with Gasteiger partial charge in [0.25, 0.3) is 5.91 Å². The Morgan fingerprint density at radius 3 is 2.75 bits per heavy atom. The maximum absolute atomic E-state index is 12.5. The fraction of sp³-hybridized carbons (Fsp3) is 0.350. The number of halogens is 1. The Labute approximate surface area is 174 Å². The standard InChI is InChI=1S/C20H24BrN3O3S/c1-2-23-28(26,27)19-8-3-5-16(11-19)20(25)22-13-15-9-10-24(14-15)18-7-4-6-17(21)12-18/h3-8,11-12,15,23H,2,9-10,13-14H2,1H3,(H,22,25). The van der Waals surface area contributed by atoms with Crippen molar-refractivity contribution in [3.05, 3.63) is 58.6 Å². The SMILES string of the molecule is CCNS(=O)(=O)c1cccc(C(=O)NCC2CCN(c3cccc(Br)c3)C2)c1. The number of benzene rings is 2. The Morgan fingerprint density at radius 1 is 1.21 bits per heavy atom. The Morgan fingerprint density at radius 2 is 2.00 bits per heavy atom. The van der Waals surface area contributed by atoms with Crippen LogP contribution in [0, 0.1) is 5.92 Å². The summed E-state index contributed by atoms with van der Waals surface area (Å²) in [6.45, 7) is 4.41. The predicted octanol–water partition coefficient (Wildman–Crippen LogP) is 3.00. The second kappa shape index (κ2) is 9.07. The minimum absolute atomic E-state index is 0.101. The van der Waals surface area contributed by atoms with Gasteiger partial charge in [0.1, 0.15) is 0 Å². The van der Waals surface area contributed by atoms with E-state index < -0.39 is 10.0 Å². The Balaban J connectivity index is 1.58. The van der Waals surface area contributed by atoms with Gasteiger partial charge < -0.3 is 10.2 Å². The lowest BCUT2D eigenvalue weighted by atomic mass is 10.1. The number of rotatable bonds is 7. The molecule has 0 aromatic heterocycles. The number of nitrogens with one attached hydrogen (secondary N) is 2. The van der Waals surface area contributed by atoms with Gasteiger partial charge in [0.05, 0.1) is 4.90 Å². The molecule has 2 N–H and O–H groups in total. The number of carbonyl (C=O) groups is 1. The van der Waals surface area contributed by atoms with Gasteiger partial charge in [0.2, 0.25) is 10.0 Å². The molecule has 8 heteroatoms. The first-order valence-electron chi connectivity index (χ1n) is 9.27. The first kappa shape index (κ1) is 20.8. The summed E-state index contributed by atoms with van der Waals surface area (Å²) in [6, 6.07) is 14.3. The van der Waals surface area contributed by atoms with Crippen molar-refractivity contribution in [3.8, 4) is 0 Å². The summed E-state index contributed by atoms with van der Waals surface area (Å²) in [6.07, 6.45) is 1.00. The zero-order valence-corrected chi connectivity index (χ0v) is 18.1. The Bertz CT molecular complexity index is 949. The van der Waals surface area contributed by atoms with E-state index >= 15 is 0 Å². The van der Waals surface area contributed by atoms with Gasteiger partial charge in [0.15, 0.2) is 0 Å². The van der Waals surface area contributed by atoms with E-state index in [2.05, 4.69) is 43.0 Å². The highest BCUT2D eigenvalue weighted by atomic mass is 79.9. The quantitative estimate of drug-likeness (QED) is 0.658. The van der Waals surface area contributed by atoms with Crippen LogP contribution < -0.4 is 14.9 Å². The van der Waals surface area contributed by atoms with Crippen LogP contribution in [0.5, 0.6) is 0 Å². The van der Waals surface area contributed by atoms with Gasteiger partial charge in [-0.3, -0.25) is 4.79 Å². The molecule has 150 valence electrons. The minimum atomic E-state index is -3.58. The van der Waals surface area contributed by atoms with E-state index in [1.54, 1.807) is 19.1 Å². The van der Waals surface area contributed by atoms with Crippen LogP contribution in [0.4, 0.5) is 5.69 Å². The summed E-state index contributed by atoms with van der Waals surface area (Å²) in [7, 11) is -3.58. The molecular weight excluding hydrogens is 442 g/mol. The predicted molar refractivity (Wildman–Crippen MR) is 114 cm³/mol. The highest BCUT2D eigenvalue weighted by Crippen LogP contribution is 2.26. The van der Waals surface area contributed by atoms with Crippen molar-refractivity contribution in [2.24, 2.45) is 5.92 Å². The summed E-state index contributed by atoms with van der Waals surface area (Å²) in [5, 5.41) is 2.94.